The lowest BCUT2D eigenvalue weighted by Gasteiger charge is -2.19. The highest BCUT2D eigenvalue weighted by Gasteiger charge is 2.16. The summed E-state index contributed by atoms with van der Waals surface area (Å²) in [5, 5.41) is 13.1. The standard InChI is InChI=1S/C32H37ClN2O4.C2H6/c1-8-23(15-29(21(3)33)39-19-30(36)37)18-35-22(4)20(2)27-16-25(11-14-28(27)35)31(38)34-17-24-9-12-26(13-10-24)32(5,6)7;1-2/h8-16H,3,17-19H2,1-2,4-7H3,(H,34,38)(H,36,37);1-2H3/b23-8+,29-15+;. The first kappa shape index (κ1) is 33.4. The quantitative estimate of drug-likeness (QED) is 0.188. The molecule has 0 fully saturated rings. The third-order valence-electron chi connectivity index (χ3n) is 6.82. The smallest absolute Gasteiger partial charge is 0.341 e. The highest BCUT2D eigenvalue weighted by atomic mass is 35.5. The molecule has 1 amide bonds. The van der Waals surface area contributed by atoms with Gasteiger partial charge in [0.2, 0.25) is 0 Å². The van der Waals surface area contributed by atoms with Crippen molar-refractivity contribution in [2.24, 2.45) is 0 Å². The fourth-order valence-corrected chi connectivity index (χ4v) is 4.42. The van der Waals surface area contributed by atoms with Gasteiger partial charge < -0.3 is 19.7 Å². The summed E-state index contributed by atoms with van der Waals surface area (Å²) in [6.45, 7) is 20.6. The molecule has 41 heavy (non-hydrogen) atoms. The van der Waals surface area contributed by atoms with Crippen LogP contribution in [0.3, 0.4) is 0 Å². The third kappa shape index (κ3) is 8.86. The second-order valence-corrected chi connectivity index (χ2v) is 11.1. The van der Waals surface area contributed by atoms with Gasteiger partial charge in [0.25, 0.3) is 5.91 Å². The van der Waals surface area contributed by atoms with Crippen LogP contribution in [0.1, 0.15) is 74.3 Å². The van der Waals surface area contributed by atoms with Gasteiger partial charge in [-0.25, -0.2) is 4.79 Å². The molecular formula is C34H43ClN2O4. The van der Waals surface area contributed by atoms with Crippen molar-refractivity contribution in [3.63, 3.8) is 0 Å². The van der Waals surface area contributed by atoms with Crippen molar-refractivity contribution in [1.29, 1.82) is 0 Å². The van der Waals surface area contributed by atoms with Gasteiger partial charge in [-0.05, 0) is 72.7 Å². The van der Waals surface area contributed by atoms with Crippen LogP contribution in [-0.4, -0.2) is 28.2 Å². The Hall–Kier alpha value is -3.77. The highest BCUT2D eigenvalue weighted by Crippen LogP contribution is 2.28. The molecule has 0 saturated heterocycles. The fraction of sp³-hybridized carbons (Fsp3) is 0.353. The summed E-state index contributed by atoms with van der Waals surface area (Å²) in [5.41, 5.74) is 7.00. The summed E-state index contributed by atoms with van der Waals surface area (Å²) in [6, 6.07) is 14.1. The number of amides is 1. The first-order valence-electron chi connectivity index (χ1n) is 13.8. The Balaban J connectivity index is 0.00000287. The lowest BCUT2D eigenvalue weighted by molar-refractivity contribution is -0.140. The lowest BCUT2D eigenvalue weighted by atomic mass is 9.87. The van der Waals surface area contributed by atoms with E-state index in [4.69, 9.17) is 21.4 Å². The number of carboxylic acids is 1. The molecule has 6 nitrogen and oxygen atoms in total. The van der Waals surface area contributed by atoms with E-state index in [-0.39, 0.29) is 22.1 Å². The number of hydrogen-bond donors (Lipinski definition) is 2. The maximum absolute atomic E-state index is 13.0. The zero-order valence-corrected chi connectivity index (χ0v) is 26.3. The number of allylic oxidation sites excluding steroid dienone is 4. The molecule has 7 heteroatoms. The molecular weight excluding hydrogens is 536 g/mol. The first-order valence-corrected chi connectivity index (χ1v) is 14.2. The monoisotopic (exact) mass is 578 g/mol. The number of aliphatic carboxylic acids is 1. The number of carbonyl (C=O) groups is 2. The molecule has 3 aromatic rings. The van der Waals surface area contributed by atoms with E-state index in [9.17, 15) is 9.59 Å². The maximum atomic E-state index is 13.0. The van der Waals surface area contributed by atoms with E-state index < -0.39 is 12.6 Å². The molecule has 2 aromatic carbocycles. The molecule has 0 aliphatic heterocycles. The Morgan fingerprint density at radius 3 is 2.27 bits per heavy atom. The van der Waals surface area contributed by atoms with Gasteiger partial charge in [0.1, 0.15) is 5.76 Å². The predicted octanol–water partition coefficient (Wildman–Crippen LogP) is 8.20. The van der Waals surface area contributed by atoms with Crippen molar-refractivity contribution in [3.05, 3.63) is 106 Å². The molecule has 0 atom stereocenters. The van der Waals surface area contributed by atoms with Crippen molar-refractivity contribution >= 4 is 34.4 Å². The number of carbonyl (C=O) groups excluding carboxylic acids is 1. The van der Waals surface area contributed by atoms with Gasteiger partial charge in [0, 0.05) is 35.2 Å². The van der Waals surface area contributed by atoms with Crippen molar-refractivity contribution in [3.8, 4) is 0 Å². The number of hydrogen-bond acceptors (Lipinski definition) is 3. The number of ether oxygens (including phenoxy) is 1. The number of rotatable bonds is 10. The normalized spacial score (nSPS) is 12.0. The van der Waals surface area contributed by atoms with Crippen LogP contribution in [0.4, 0.5) is 0 Å². The van der Waals surface area contributed by atoms with Crippen LogP contribution in [0.15, 0.2) is 77.6 Å². The zero-order chi connectivity index (χ0) is 30.9. The number of benzene rings is 2. The summed E-state index contributed by atoms with van der Waals surface area (Å²) < 4.78 is 7.46. The number of nitrogens with one attached hydrogen (secondary N) is 1. The molecule has 0 radical (unpaired) electrons. The van der Waals surface area contributed by atoms with Crippen molar-refractivity contribution in [2.75, 3.05) is 6.61 Å². The van der Waals surface area contributed by atoms with Gasteiger partial charge >= 0.3 is 5.97 Å². The number of aryl methyl sites for hydroxylation is 1. The largest absolute Gasteiger partial charge is 0.480 e. The number of aromatic nitrogens is 1. The van der Waals surface area contributed by atoms with E-state index in [2.05, 4.69) is 61.5 Å². The Kier molecular flexibility index (Phi) is 12.0. The molecule has 0 saturated carbocycles. The average molecular weight is 579 g/mol. The van der Waals surface area contributed by atoms with Gasteiger partial charge in [-0.15, -0.1) is 0 Å². The van der Waals surface area contributed by atoms with E-state index in [0.717, 1.165) is 33.3 Å². The second-order valence-electron chi connectivity index (χ2n) is 10.6. The van der Waals surface area contributed by atoms with Crippen molar-refractivity contribution in [1.82, 2.24) is 9.88 Å². The zero-order valence-electron chi connectivity index (χ0n) is 25.5. The minimum absolute atomic E-state index is 0.0860. The van der Waals surface area contributed by atoms with E-state index in [1.165, 1.54) is 5.56 Å². The van der Waals surface area contributed by atoms with Crippen molar-refractivity contribution < 1.29 is 19.4 Å². The summed E-state index contributed by atoms with van der Waals surface area (Å²) in [7, 11) is 0. The van der Waals surface area contributed by atoms with Gasteiger partial charge in [-0.1, -0.05) is 83.1 Å². The topological polar surface area (TPSA) is 80.6 Å². The van der Waals surface area contributed by atoms with Gasteiger partial charge in [0.15, 0.2) is 6.61 Å². The predicted molar refractivity (Wildman–Crippen MR) is 169 cm³/mol. The van der Waals surface area contributed by atoms with E-state index in [1.807, 2.05) is 58.9 Å². The fourth-order valence-electron chi connectivity index (χ4n) is 4.31. The Morgan fingerprint density at radius 2 is 1.73 bits per heavy atom. The highest BCUT2D eigenvalue weighted by molar-refractivity contribution is 6.31. The molecule has 0 aliphatic rings. The molecule has 220 valence electrons. The van der Waals surface area contributed by atoms with E-state index in [1.54, 1.807) is 6.08 Å². The minimum Gasteiger partial charge on any atom is -0.480 e. The molecule has 0 spiro atoms. The van der Waals surface area contributed by atoms with Gasteiger partial charge in [-0.3, -0.25) is 4.79 Å². The average Bonchev–Trinajstić information content (AvgIpc) is 3.17. The van der Waals surface area contributed by atoms with Crippen LogP contribution in [0.2, 0.25) is 0 Å². The number of carboxylic acid groups (broad SMARTS) is 1. The number of nitrogens with zero attached hydrogens (tertiary/aromatic N) is 1. The lowest BCUT2D eigenvalue weighted by Crippen LogP contribution is -2.22. The van der Waals surface area contributed by atoms with E-state index in [0.29, 0.717) is 18.7 Å². The van der Waals surface area contributed by atoms with Crippen molar-refractivity contribution in [2.45, 2.75) is 73.9 Å². The third-order valence-corrected chi connectivity index (χ3v) is 7.01. The van der Waals surface area contributed by atoms with Crippen LogP contribution >= 0.6 is 11.6 Å². The van der Waals surface area contributed by atoms with E-state index >= 15 is 0 Å². The number of fused-ring (bicyclic) bond motifs is 1. The number of halogens is 1. The Bertz CT molecular complexity index is 1450. The van der Waals surface area contributed by atoms with Crippen LogP contribution in [0, 0.1) is 13.8 Å². The van der Waals surface area contributed by atoms with Crippen LogP contribution in [0.5, 0.6) is 0 Å². The summed E-state index contributed by atoms with van der Waals surface area (Å²) >= 11 is 6.05. The summed E-state index contributed by atoms with van der Waals surface area (Å²) in [4.78, 5) is 23.9. The SMILES string of the molecule is C=C(Cl)/C(=C\C(=C/C)Cn1c(C)c(C)c2cc(C(=O)NCc3ccc(C(C)(C)C)cc3)ccc21)OCC(=O)O.CC. The maximum Gasteiger partial charge on any atom is 0.341 e. The first-order chi connectivity index (χ1) is 19.3. The van der Waals surface area contributed by atoms with Crippen LogP contribution < -0.4 is 5.32 Å². The molecule has 2 N–H and O–H groups in total. The molecule has 3 rings (SSSR count). The summed E-state index contributed by atoms with van der Waals surface area (Å²) in [5.74, 6) is -1.01. The Labute approximate surface area is 249 Å². The van der Waals surface area contributed by atoms with Gasteiger partial charge in [-0.2, -0.15) is 0 Å². The Morgan fingerprint density at radius 1 is 1.10 bits per heavy atom. The molecule has 0 aliphatic carbocycles. The van der Waals surface area contributed by atoms with Crippen LogP contribution in [-0.2, 0) is 28.0 Å². The molecule has 1 heterocycles. The molecule has 0 bridgehead atoms. The van der Waals surface area contributed by atoms with Gasteiger partial charge in [0.05, 0.1) is 5.03 Å². The molecule has 0 unspecified atom stereocenters. The summed E-state index contributed by atoms with van der Waals surface area (Å²) in [6.07, 6.45) is 3.62. The molecule has 1 aromatic heterocycles. The minimum atomic E-state index is -1.10. The van der Waals surface area contributed by atoms with Crippen LogP contribution in [0.25, 0.3) is 10.9 Å². The second kappa shape index (κ2) is 14.7.